The highest BCUT2D eigenvalue weighted by molar-refractivity contribution is 6.50. The maximum absolute atomic E-state index is 11.0. The second kappa shape index (κ2) is 7.51. The van der Waals surface area contributed by atoms with Crippen LogP contribution in [0.4, 0.5) is 5.69 Å². The normalized spacial score (nSPS) is 11.4. The number of aromatic nitrogens is 2. The molecule has 0 aliphatic heterocycles. The molecule has 0 aliphatic carbocycles. The van der Waals surface area contributed by atoms with Crippen molar-refractivity contribution in [2.24, 2.45) is 0 Å². The first-order chi connectivity index (χ1) is 12.0. The van der Waals surface area contributed by atoms with Gasteiger partial charge in [-0.3, -0.25) is 4.79 Å². The molecule has 2 aromatic carbocycles. The monoisotopic (exact) mass is 373 g/mol. The summed E-state index contributed by atoms with van der Waals surface area (Å²) in [7, 11) is 0. The molecule has 0 aliphatic rings. The van der Waals surface area contributed by atoms with Gasteiger partial charge in [0.1, 0.15) is 5.03 Å². The summed E-state index contributed by atoms with van der Waals surface area (Å²) in [5.74, 6) is 0.440. The van der Waals surface area contributed by atoms with Crippen molar-refractivity contribution in [3.63, 3.8) is 0 Å². The van der Waals surface area contributed by atoms with Gasteiger partial charge in [-0.15, -0.1) is 0 Å². The highest BCUT2D eigenvalue weighted by Gasteiger charge is 2.13. The largest absolute Gasteiger partial charge is 0.333 e. The van der Waals surface area contributed by atoms with E-state index in [-0.39, 0.29) is 11.8 Å². The fourth-order valence-electron chi connectivity index (χ4n) is 2.15. The Kier molecular flexibility index (Phi) is 5.16. The fourth-order valence-corrected chi connectivity index (χ4v) is 2.57. The number of benzene rings is 2. The van der Waals surface area contributed by atoms with Crippen LogP contribution in [0.25, 0.3) is 22.5 Å². The van der Waals surface area contributed by atoms with Gasteiger partial charge in [-0.25, -0.2) is 0 Å². The van der Waals surface area contributed by atoms with E-state index in [0.717, 1.165) is 5.56 Å². The molecule has 0 spiro atoms. The van der Waals surface area contributed by atoms with Gasteiger partial charge in [0.2, 0.25) is 11.7 Å². The lowest BCUT2D eigenvalue weighted by Gasteiger charge is -2.01. The van der Waals surface area contributed by atoms with Crippen LogP contribution in [-0.2, 0) is 4.79 Å². The van der Waals surface area contributed by atoms with Crippen LogP contribution in [0.1, 0.15) is 18.4 Å². The van der Waals surface area contributed by atoms with Crippen molar-refractivity contribution < 1.29 is 9.32 Å². The van der Waals surface area contributed by atoms with Crippen LogP contribution in [0.3, 0.4) is 0 Å². The van der Waals surface area contributed by atoms with Gasteiger partial charge in [0, 0.05) is 18.2 Å². The number of anilines is 1. The standard InChI is InChI=1S/C18H13Cl2N3O2/c1-11(24)21-13-8-6-12(7-9-13)10-16(20)18-22-17(23-25-18)14-4-2-3-5-15(14)19/h2-10H,1H3,(H,21,24)/b16-10-. The minimum atomic E-state index is -0.126. The van der Waals surface area contributed by atoms with Gasteiger partial charge in [-0.05, 0) is 35.9 Å². The smallest absolute Gasteiger partial charge is 0.269 e. The van der Waals surface area contributed by atoms with Crippen LogP contribution in [0.5, 0.6) is 0 Å². The Morgan fingerprint density at radius 2 is 1.88 bits per heavy atom. The molecule has 0 saturated heterocycles. The number of nitrogens with zero attached hydrogens (tertiary/aromatic N) is 2. The van der Waals surface area contributed by atoms with Crippen molar-refractivity contribution in [2.45, 2.75) is 6.92 Å². The molecule has 3 aromatic rings. The third-order valence-electron chi connectivity index (χ3n) is 3.27. The maximum Gasteiger partial charge on any atom is 0.269 e. The zero-order chi connectivity index (χ0) is 17.8. The van der Waals surface area contributed by atoms with Crippen LogP contribution < -0.4 is 5.32 Å². The molecule has 3 rings (SSSR count). The van der Waals surface area contributed by atoms with E-state index in [2.05, 4.69) is 15.5 Å². The van der Waals surface area contributed by atoms with Crippen LogP contribution in [0, 0.1) is 0 Å². The predicted octanol–water partition coefficient (Wildman–Crippen LogP) is 5.09. The summed E-state index contributed by atoms with van der Waals surface area (Å²) < 4.78 is 5.21. The summed E-state index contributed by atoms with van der Waals surface area (Å²) in [5.41, 5.74) is 2.21. The third-order valence-corrected chi connectivity index (χ3v) is 3.87. The summed E-state index contributed by atoms with van der Waals surface area (Å²) in [4.78, 5) is 15.3. The molecule has 0 fully saturated rings. The molecule has 1 heterocycles. The van der Waals surface area contributed by atoms with Crippen molar-refractivity contribution in [1.82, 2.24) is 10.1 Å². The minimum absolute atomic E-state index is 0.126. The molecular weight excluding hydrogens is 361 g/mol. The van der Waals surface area contributed by atoms with E-state index in [4.69, 9.17) is 27.7 Å². The highest BCUT2D eigenvalue weighted by Crippen LogP contribution is 2.28. The Bertz CT molecular complexity index is 934. The molecule has 1 amide bonds. The average molecular weight is 374 g/mol. The first-order valence-electron chi connectivity index (χ1n) is 7.37. The molecule has 1 aromatic heterocycles. The lowest BCUT2D eigenvalue weighted by Crippen LogP contribution is -2.05. The second-order valence-corrected chi connectivity index (χ2v) is 6.01. The topological polar surface area (TPSA) is 68.0 Å². The first-order valence-corrected chi connectivity index (χ1v) is 8.12. The Balaban J connectivity index is 1.81. The Hall–Kier alpha value is -2.63. The lowest BCUT2D eigenvalue weighted by molar-refractivity contribution is -0.114. The van der Waals surface area contributed by atoms with Crippen molar-refractivity contribution in [3.05, 3.63) is 65.0 Å². The van der Waals surface area contributed by atoms with Crippen LogP contribution in [0.15, 0.2) is 53.1 Å². The number of rotatable bonds is 4. The molecule has 1 N–H and O–H groups in total. The lowest BCUT2D eigenvalue weighted by atomic mass is 10.2. The van der Waals surface area contributed by atoms with Crippen LogP contribution in [-0.4, -0.2) is 16.0 Å². The zero-order valence-electron chi connectivity index (χ0n) is 13.2. The number of halogens is 2. The molecular formula is C18H13Cl2N3O2. The predicted molar refractivity (Wildman–Crippen MR) is 99.2 cm³/mol. The van der Waals surface area contributed by atoms with Gasteiger partial charge in [-0.2, -0.15) is 4.98 Å². The first kappa shape index (κ1) is 17.2. The van der Waals surface area contributed by atoms with E-state index in [1.165, 1.54) is 6.92 Å². The molecule has 5 nitrogen and oxygen atoms in total. The summed E-state index contributed by atoms with van der Waals surface area (Å²) in [6.45, 7) is 1.46. The number of nitrogens with one attached hydrogen (secondary N) is 1. The Morgan fingerprint density at radius 1 is 1.16 bits per heavy atom. The molecule has 25 heavy (non-hydrogen) atoms. The van der Waals surface area contributed by atoms with Crippen molar-refractivity contribution >= 4 is 45.9 Å². The molecule has 0 atom stereocenters. The molecule has 0 saturated carbocycles. The van der Waals surface area contributed by atoms with E-state index >= 15 is 0 Å². The molecule has 0 radical (unpaired) electrons. The summed E-state index contributed by atoms with van der Waals surface area (Å²) in [6, 6.07) is 14.4. The summed E-state index contributed by atoms with van der Waals surface area (Å²) in [6.07, 6.45) is 1.70. The number of hydrogen-bond acceptors (Lipinski definition) is 4. The van der Waals surface area contributed by atoms with E-state index in [9.17, 15) is 4.79 Å². The van der Waals surface area contributed by atoms with Crippen LogP contribution in [0.2, 0.25) is 5.02 Å². The number of hydrogen-bond donors (Lipinski definition) is 1. The van der Waals surface area contributed by atoms with E-state index in [1.807, 2.05) is 24.3 Å². The van der Waals surface area contributed by atoms with Crippen molar-refractivity contribution in [3.8, 4) is 11.4 Å². The van der Waals surface area contributed by atoms with Gasteiger partial charge >= 0.3 is 0 Å². The number of amides is 1. The zero-order valence-corrected chi connectivity index (χ0v) is 14.7. The van der Waals surface area contributed by atoms with Gasteiger partial charge in [0.05, 0.1) is 5.02 Å². The van der Waals surface area contributed by atoms with E-state index in [0.29, 0.717) is 27.1 Å². The summed E-state index contributed by atoms with van der Waals surface area (Å²) in [5, 5.41) is 7.45. The fraction of sp³-hybridized carbons (Fsp3) is 0.0556. The molecule has 0 unspecified atom stereocenters. The minimum Gasteiger partial charge on any atom is -0.333 e. The van der Waals surface area contributed by atoms with Gasteiger partial charge in [0.15, 0.2) is 0 Å². The highest BCUT2D eigenvalue weighted by atomic mass is 35.5. The molecule has 0 bridgehead atoms. The number of carbonyl (C=O) groups excluding carboxylic acids is 1. The van der Waals surface area contributed by atoms with Crippen LogP contribution >= 0.6 is 23.2 Å². The van der Waals surface area contributed by atoms with Crippen molar-refractivity contribution in [1.29, 1.82) is 0 Å². The van der Waals surface area contributed by atoms with Gasteiger partial charge in [0.25, 0.3) is 5.89 Å². The molecule has 126 valence electrons. The number of carbonyl (C=O) groups is 1. The van der Waals surface area contributed by atoms with E-state index < -0.39 is 0 Å². The quantitative estimate of drug-likeness (QED) is 0.691. The van der Waals surface area contributed by atoms with Gasteiger partial charge in [-0.1, -0.05) is 52.6 Å². The van der Waals surface area contributed by atoms with Gasteiger partial charge < -0.3 is 9.84 Å². The van der Waals surface area contributed by atoms with Crippen molar-refractivity contribution in [2.75, 3.05) is 5.32 Å². The third kappa shape index (κ3) is 4.26. The molecule has 7 heteroatoms. The van der Waals surface area contributed by atoms with E-state index in [1.54, 1.807) is 30.3 Å². The maximum atomic E-state index is 11.0. The second-order valence-electron chi connectivity index (χ2n) is 5.20. The Morgan fingerprint density at radius 3 is 2.56 bits per heavy atom. The summed E-state index contributed by atoms with van der Waals surface area (Å²) >= 11 is 12.4. The Labute approximate surface area is 154 Å². The SMILES string of the molecule is CC(=O)Nc1ccc(/C=C(\Cl)c2nc(-c3ccccc3Cl)no2)cc1. The average Bonchev–Trinajstić information content (AvgIpc) is 3.06.